The maximum absolute atomic E-state index is 4.22. The van der Waals surface area contributed by atoms with Crippen LogP contribution in [0, 0.1) is 0 Å². The molecule has 17 heavy (non-hydrogen) atoms. The van der Waals surface area contributed by atoms with Crippen LogP contribution in [-0.2, 0) is 0 Å². The van der Waals surface area contributed by atoms with E-state index >= 15 is 0 Å². The van der Waals surface area contributed by atoms with Crippen LogP contribution in [0.5, 0.6) is 0 Å². The molecule has 4 nitrogen and oxygen atoms in total. The first-order valence-electron chi connectivity index (χ1n) is 6.38. The van der Waals surface area contributed by atoms with E-state index < -0.39 is 0 Å². The molecule has 0 amide bonds. The number of anilines is 2. The molecule has 2 heterocycles. The lowest BCUT2D eigenvalue weighted by Gasteiger charge is -2.39. The molecule has 0 saturated carbocycles. The SMILES string of the molecule is CNc1cncc(NN2C(C)CCCC2C)c1. The van der Waals surface area contributed by atoms with E-state index in [1.807, 2.05) is 19.4 Å². The molecule has 2 rings (SSSR count). The Balaban J connectivity index is 2.07. The van der Waals surface area contributed by atoms with Gasteiger partial charge in [-0.25, -0.2) is 5.01 Å². The third kappa shape index (κ3) is 2.88. The van der Waals surface area contributed by atoms with Gasteiger partial charge in [-0.2, -0.15) is 0 Å². The van der Waals surface area contributed by atoms with E-state index in [2.05, 4.69) is 40.6 Å². The Morgan fingerprint density at radius 1 is 1.18 bits per heavy atom. The second kappa shape index (κ2) is 5.36. The molecule has 1 aromatic rings. The van der Waals surface area contributed by atoms with Gasteiger partial charge < -0.3 is 10.7 Å². The molecule has 0 spiro atoms. The molecule has 1 fully saturated rings. The van der Waals surface area contributed by atoms with Crippen molar-refractivity contribution >= 4 is 11.4 Å². The minimum Gasteiger partial charge on any atom is -0.387 e. The summed E-state index contributed by atoms with van der Waals surface area (Å²) in [5, 5.41) is 5.45. The summed E-state index contributed by atoms with van der Waals surface area (Å²) in [5.74, 6) is 0. The molecule has 2 unspecified atom stereocenters. The molecular weight excluding hydrogens is 212 g/mol. The smallest absolute Gasteiger partial charge is 0.0694 e. The monoisotopic (exact) mass is 234 g/mol. The Bertz CT molecular complexity index is 356. The number of rotatable bonds is 3. The van der Waals surface area contributed by atoms with Crippen molar-refractivity contribution in [1.82, 2.24) is 9.99 Å². The quantitative estimate of drug-likeness (QED) is 0.843. The highest BCUT2D eigenvalue weighted by molar-refractivity contribution is 5.53. The molecule has 94 valence electrons. The summed E-state index contributed by atoms with van der Waals surface area (Å²) in [6.07, 6.45) is 7.55. The number of pyridine rings is 1. The van der Waals surface area contributed by atoms with E-state index in [1.165, 1.54) is 19.3 Å². The van der Waals surface area contributed by atoms with Crippen molar-refractivity contribution in [1.29, 1.82) is 0 Å². The van der Waals surface area contributed by atoms with Crippen molar-refractivity contribution in [2.24, 2.45) is 0 Å². The largest absolute Gasteiger partial charge is 0.387 e. The molecule has 2 N–H and O–H groups in total. The van der Waals surface area contributed by atoms with Gasteiger partial charge in [-0.1, -0.05) is 6.42 Å². The molecule has 1 aromatic heterocycles. The third-order valence-electron chi connectivity index (χ3n) is 3.48. The Kier molecular flexibility index (Phi) is 3.84. The predicted molar refractivity (Wildman–Crippen MR) is 72.0 cm³/mol. The average Bonchev–Trinajstić information content (AvgIpc) is 2.34. The first kappa shape index (κ1) is 12.2. The molecule has 1 aliphatic rings. The molecule has 1 saturated heterocycles. The van der Waals surface area contributed by atoms with Crippen LogP contribution in [0.1, 0.15) is 33.1 Å². The summed E-state index contributed by atoms with van der Waals surface area (Å²) in [5.41, 5.74) is 5.57. The van der Waals surface area contributed by atoms with Crippen molar-refractivity contribution < 1.29 is 0 Å². The van der Waals surface area contributed by atoms with Gasteiger partial charge in [0, 0.05) is 19.1 Å². The van der Waals surface area contributed by atoms with E-state index in [1.54, 1.807) is 0 Å². The molecule has 0 radical (unpaired) electrons. The van der Waals surface area contributed by atoms with Crippen molar-refractivity contribution in [3.8, 4) is 0 Å². The molecule has 4 heteroatoms. The van der Waals surface area contributed by atoms with E-state index in [4.69, 9.17) is 0 Å². The molecule has 0 aromatic carbocycles. The van der Waals surface area contributed by atoms with Gasteiger partial charge in [-0.3, -0.25) is 4.98 Å². The van der Waals surface area contributed by atoms with Gasteiger partial charge >= 0.3 is 0 Å². The minimum atomic E-state index is 0.581. The lowest BCUT2D eigenvalue weighted by atomic mass is 10.00. The van der Waals surface area contributed by atoms with Crippen LogP contribution in [0.3, 0.4) is 0 Å². The lowest BCUT2D eigenvalue weighted by Crippen LogP contribution is -2.47. The van der Waals surface area contributed by atoms with Crippen LogP contribution in [0.15, 0.2) is 18.5 Å². The fraction of sp³-hybridized carbons (Fsp3) is 0.615. The summed E-state index contributed by atoms with van der Waals surface area (Å²) in [4.78, 5) is 4.22. The average molecular weight is 234 g/mol. The topological polar surface area (TPSA) is 40.2 Å². The highest BCUT2D eigenvalue weighted by Gasteiger charge is 2.24. The van der Waals surface area contributed by atoms with Crippen molar-refractivity contribution in [3.63, 3.8) is 0 Å². The Hall–Kier alpha value is -1.29. The van der Waals surface area contributed by atoms with Gasteiger partial charge in [0.15, 0.2) is 0 Å². The van der Waals surface area contributed by atoms with Gasteiger partial charge in [-0.05, 0) is 32.8 Å². The van der Waals surface area contributed by atoms with Gasteiger partial charge in [0.2, 0.25) is 0 Å². The van der Waals surface area contributed by atoms with Crippen LogP contribution < -0.4 is 10.7 Å². The number of hydrogen-bond acceptors (Lipinski definition) is 4. The summed E-state index contributed by atoms with van der Waals surface area (Å²) in [7, 11) is 1.91. The van der Waals surface area contributed by atoms with Crippen molar-refractivity contribution in [2.45, 2.75) is 45.2 Å². The van der Waals surface area contributed by atoms with Crippen LogP contribution in [-0.4, -0.2) is 29.1 Å². The molecular formula is C13H22N4. The summed E-state index contributed by atoms with van der Waals surface area (Å²) >= 11 is 0. The second-order valence-electron chi connectivity index (χ2n) is 4.86. The molecule has 0 aliphatic carbocycles. The maximum atomic E-state index is 4.22. The van der Waals surface area contributed by atoms with Gasteiger partial charge in [-0.15, -0.1) is 0 Å². The summed E-state index contributed by atoms with van der Waals surface area (Å²) < 4.78 is 0. The summed E-state index contributed by atoms with van der Waals surface area (Å²) in [6.45, 7) is 4.55. The van der Waals surface area contributed by atoms with Crippen LogP contribution in [0.4, 0.5) is 11.4 Å². The standard InChI is InChI=1S/C13H22N4/c1-10-5-4-6-11(2)17(10)16-13-7-12(14-3)8-15-9-13/h7-11,14,16H,4-6H2,1-3H3. The summed E-state index contributed by atoms with van der Waals surface area (Å²) in [6, 6.07) is 3.25. The fourth-order valence-electron chi connectivity index (χ4n) is 2.43. The Morgan fingerprint density at radius 3 is 2.47 bits per heavy atom. The predicted octanol–water partition coefficient (Wildman–Crippen LogP) is 2.71. The highest BCUT2D eigenvalue weighted by atomic mass is 15.5. The molecule has 0 bridgehead atoms. The van der Waals surface area contributed by atoms with E-state index in [-0.39, 0.29) is 0 Å². The zero-order valence-corrected chi connectivity index (χ0v) is 10.9. The molecule has 2 atom stereocenters. The van der Waals surface area contributed by atoms with Gasteiger partial charge in [0.05, 0.1) is 23.8 Å². The first-order valence-corrected chi connectivity index (χ1v) is 6.38. The number of nitrogens with zero attached hydrogens (tertiary/aromatic N) is 2. The van der Waals surface area contributed by atoms with Crippen molar-refractivity contribution in [2.75, 3.05) is 17.8 Å². The van der Waals surface area contributed by atoms with Gasteiger partial charge in [0.25, 0.3) is 0 Å². The molecule has 1 aliphatic heterocycles. The van der Waals surface area contributed by atoms with E-state index in [0.29, 0.717) is 12.1 Å². The first-order chi connectivity index (χ1) is 8.20. The van der Waals surface area contributed by atoms with Crippen LogP contribution >= 0.6 is 0 Å². The fourth-order valence-corrected chi connectivity index (χ4v) is 2.43. The van der Waals surface area contributed by atoms with E-state index in [9.17, 15) is 0 Å². The minimum absolute atomic E-state index is 0.581. The second-order valence-corrected chi connectivity index (χ2v) is 4.86. The third-order valence-corrected chi connectivity index (χ3v) is 3.48. The number of aromatic nitrogens is 1. The Labute approximate surface area is 103 Å². The number of nitrogens with one attached hydrogen (secondary N) is 2. The lowest BCUT2D eigenvalue weighted by molar-refractivity contribution is 0.135. The maximum Gasteiger partial charge on any atom is 0.0694 e. The zero-order valence-electron chi connectivity index (χ0n) is 10.9. The number of hydrogen-bond donors (Lipinski definition) is 2. The van der Waals surface area contributed by atoms with Crippen molar-refractivity contribution in [3.05, 3.63) is 18.5 Å². The normalized spacial score (nSPS) is 25.6. The van der Waals surface area contributed by atoms with Crippen LogP contribution in [0.25, 0.3) is 0 Å². The highest BCUT2D eigenvalue weighted by Crippen LogP contribution is 2.23. The number of hydrazine groups is 1. The van der Waals surface area contributed by atoms with Gasteiger partial charge in [0.1, 0.15) is 0 Å². The Morgan fingerprint density at radius 2 is 1.82 bits per heavy atom. The zero-order chi connectivity index (χ0) is 12.3. The van der Waals surface area contributed by atoms with Crippen LogP contribution in [0.2, 0.25) is 0 Å². The van der Waals surface area contributed by atoms with E-state index in [0.717, 1.165) is 11.4 Å². The number of piperidine rings is 1.